The third kappa shape index (κ3) is 1.74. The van der Waals surface area contributed by atoms with Crippen LogP contribution in [0.3, 0.4) is 0 Å². The molecule has 0 N–H and O–H groups in total. The van der Waals surface area contributed by atoms with Crippen molar-refractivity contribution in [1.29, 1.82) is 0 Å². The molecule has 3 atom stereocenters. The summed E-state index contributed by atoms with van der Waals surface area (Å²) in [5.41, 5.74) is 2.39. The zero-order chi connectivity index (χ0) is 14.7. The fraction of sp³-hybridized carbons (Fsp3) is 0.867. The smallest absolute Gasteiger partial charge is 0.0859 e. The SMILES string of the molecule is [B]C12CCc3nnn(C(C)C)c3CCC1([B])C2C(C)C. The highest BCUT2D eigenvalue weighted by Crippen LogP contribution is 2.83. The van der Waals surface area contributed by atoms with E-state index in [1.807, 2.05) is 0 Å². The number of aryl methyl sites for hydroxylation is 1. The summed E-state index contributed by atoms with van der Waals surface area (Å²) in [4.78, 5) is 0. The molecule has 1 aromatic rings. The summed E-state index contributed by atoms with van der Waals surface area (Å²) >= 11 is 0. The molecule has 0 saturated heterocycles. The Morgan fingerprint density at radius 2 is 1.70 bits per heavy atom. The standard InChI is InChI=1S/C15H23B2N3/c1-9(2)13-14(16)7-5-11-12(6-8-15(13,14)17)20(10(3)4)19-18-11/h9-10,13H,5-8H2,1-4H3. The Balaban J connectivity index is 1.91. The minimum atomic E-state index is -0.208. The van der Waals surface area contributed by atoms with Gasteiger partial charge in [0.1, 0.15) is 0 Å². The highest BCUT2D eigenvalue weighted by Gasteiger charge is 2.68. The van der Waals surface area contributed by atoms with Gasteiger partial charge in [0.15, 0.2) is 0 Å². The molecule has 3 nitrogen and oxygen atoms in total. The third-order valence-electron chi connectivity index (χ3n) is 5.47. The molecular weight excluding hydrogens is 244 g/mol. The van der Waals surface area contributed by atoms with Crippen molar-refractivity contribution in [2.75, 3.05) is 0 Å². The maximum Gasteiger partial charge on any atom is 0.0859 e. The number of hydrogen-bond acceptors (Lipinski definition) is 2. The van der Waals surface area contributed by atoms with Crippen LogP contribution >= 0.6 is 0 Å². The third-order valence-corrected chi connectivity index (χ3v) is 5.47. The average molecular weight is 267 g/mol. The molecule has 0 amide bonds. The second-order valence-corrected chi connectivity index (χ2v) is 7.32. The largest absolute Gasteiger partial charge is 0.247 e. The van der Waals surface area contributed by atoms with Crippen molar-refractivity contribution >= 4 is 15.7 Å². The van der Waals surface area contributed by atoms with E-state index in [1.165, 1.54) is 5.69 Å². The van der Waals surface area contributed by atoms with Crippen LogP contribution in [0.2, 0.25) is 10.6 Å². The monoisotopic (exact) mass is 267 g/mol. The van der Waals surface area contributed by atoms with Crippen LogP contribution in [0.5, 0.6) is 0 Å². The van der Waals surface area contributed by atoms with Crippen molar-refractivity contribution < 1.29 is 0 Å². The summed E-state index contributed by atoms with van der Waals surface area (Å²) in [6.45, 7) is 8.76. The molecular formula is C15H23B2N3. The fourth-order valence-corrected chi connectivity index (χ4v) is 4.52. The molecule has 1 saturated carbocycles. The van der Waals surface area contributed by atoms with Crippen LogP contribution in [-0.4, -0.2) is 30.7 Å². The quantitative estimate of drug-likeness (QED) is 0.771. The molecule has 4 radical (unpaired) electrons. The number of fused-ring (bicyclic) bond motifs is 2. The topological polar surface area (TPSA) is 30.7 Å². The van der Waals surface area contributed by atoms with Gasteiger partial charge in [-0.1, -0.05) is 29.7 Å². The van der Waals surface area contributed by atoms with Crippen LogP contribution in [0.15, 0.2) is 0 Å². The first-order valence-corrected chi connectivity index (χ1v) is 7.82. The Morgan fingerprint density at radius 1 is 1.10 bits per heavy atom. The first kappa shape index (κ1) is 14.2. The first-order valence-electron chi connectivity index (χ1n) is 7.82. The van der Waals surface area contributed by atoms with Crippen LogP contribution in [0.1, 0.15) is 58.0 Å². The number of nitrogens with zero attached hydrogens (tertiary/aromatic N) is 3. The highest BCUT2D eigenvalue weighted by atomic mass is 15.4. The van der Waals surface area contributed by atoms with Gasteiger partial charge in [0.25, 0.3) is 0 Å². The second-order valence-electron chi connectivity index (χ2n) is 7.32. The normalized spacial score (nSPS) is 36.4. The predicted molar refractivity (Wildman–Crippen MR) is 82.3 cm³/mol. The second kappa shape index (κ2) is 4.38. The van der Waals surface area contributed by atoms with Crippen molar-refractivity contribution in [1.82, 2.24) is 15.0 Å². The van der Waals surface area contributed by atoms with Crippen molar-refractivity contribution in [2.45, 2.75) is 70.0 Å². The van der Waals surface area contributed by atoms with E-state index in [-0.39, 0.29) is 10.6 Å². The van der Waals surface area contributed by atoms with Crippen LogP contribution in [0.25, 0.3) is 0 Å². The molecule has 0 aliphatic heterocycles. The highest BCUT2D eigenvalue weighted by molar-refractivity contribution is 6.32. The zero-order valence-electron chi connectivity index (χ0n) is 13.1. The van der Waals surface area contributed by atoms with Gasteiger partial charge >= 0.3 is 0 Å². The van der Waals surface area contributed by atoms with Gasteiger partial charge in [-0.15, -0.1) is 5.10 Å². The minimum Gasteiger partial charge on any atom is -0.247 e. The van der Waals surface area contributed by atoms with Gasteiger partial charge in [-0.05, 0) is 51.4 Å². The van der Waals surface area contributed by atoms with Crippen LogP contribution in [0, 0.1) is 11.8 Å². The summed E-state index contributed by atoms with van der Waals surface area (Å²) in [5, 5.41) is 8.27. The summed E-state index contributed by atoms with van der Waals surface area (Å²) in [5.74, 6) is 0.972. The van der Waals surface area contributed by atoms with E-state index >= 15 is 0 Å². The van der Waals surface area contributed by atoms with E-state index in [0.29, 0.717) is 17.9 Å². The molecule has 1 fully saturated rings. The number of rotatable bonds is 2. The van der Waals surface area contributed by atoms with E-state index in [9.17, 15) is 0 Å². The van der Waals surface area contributed by atoms with Gasteiger partial charge in [-0.2, -0.15) is 0 Å². The van der Waals surface area contributed by atoms with Crippen LogP contribution in [-0.2, 0) is 12.8 Å². The summed E-state index contributed by atoms with van der Waals surface area (Å²) in [6.07, 6.45) is 3.72. The molecule has 0 spiro atoms. The van der Waals surface area contributed by atoms with Gasteiger partial charge in [0.05, 0.1) is 27.1 Å². The van der Waals surface area contributed by atoms with Crippen molar-refractivity contribution in [3.05, 3.63) is 11.4 Å². The van der Waals surface area contributed by atoms with Crippen molar-refractivity contribution in [3.8, 4) is 0 Å². The molecule has 20 heavy (non-hydrogen) atoms. The molecule has 2 aliphatic carbocycles. The predicted octanol–water partition coefficient (Wildman–Crippen LogP) is 2.68. The van der Waals surface area contributed by atoms with Crippen molar-refractivity contribution in [2.24, 2.45) is 11.8 Å². The van der Waals surface area contributed by atoms with Gasteiger partial charge in [0.2, 0.25) is 0 Å². The Labute approximate surface area is 124 Å². The van der Waals surface area contributed by atoms with Crippen LogP contribution in [0.4, 0.5) is 0 Å². The van der Waals surface area contributed by atoms with Crippen LogP contribution < -0.4 is 0 Å². The molecule has 1 aromatic heterocycles. The van der Waals surface area contributed by atoms with E-state index in [1.54, 1.807) is 0 Å². The van der Waals surface area contributed by atoms with Crippen molar-refractivity contribution in [3.63, 3.8) is 0 Å². The molecule has 0 bridgehead atoms. The maximum atomic E-state index is 6.68. The Bertz CT molecular complexity index is 525. The van der Waals surface area contributed by atoms with E-state index in [0.717, 1.165) is 31.4 Å². The zero-order valence-corrected chi connectivity index (χ0v) is 13.1. The number of hydrogen-bond donors (Lipinski definition) is 0. The Morgan fingerprint density at radius 3 is 2.25 bits per heavy atom. The maximum absolute atomic E-state index is 6.68. The van der Waals surface area contributed by atoms with Gasteiger partial charge in [0, 0.05) is 6.04 Å². The lowest BCUT2D eigenvalue weighted by molar-refractivity contribution is 0.476. The molecule has 5 heteroatoms. The minimum absolute atomic E-state index is 0.203. The molecule has 1 heterocycles. The number of aromatic nitrogens is 3. The molecule has 0 aromatic carbocycles. The summed E-state index contributed by atoms with van der Waals surface area (Å²) in [6, 6.07) is 0.349. The lowest BCUT2D eigenvalue weighted by atomic mass is 9.62. The van der Waals surface area contributed by atoms with E-state index in [2.05, 4.69) is 42.7 Å². The van der Waals surface area contributed by atoms with Gasteiger partial charge in [-0.3, -0.25) is 0 Å². The Hall–Kier alpha value is -0.730. The lowest BCUT2D eigenvalue weighted by Gasteiger charge is -2.23. The molecule has 104 valence electrons. The summed E-state index contributed by atoms with van der Waals surface area (Å²) < 4.78 is 2.05. The summed E-state index contributed by atoms with van der Waals surface area (Å²) in [7, 11) is 13.3. The first-order chi connectivity index (χ1) is 9.31. The Kier molecular flexibility index (Phi) is 3.11. The molecule has 2 aliphatic rings. The fourth-order valence-electron chi connectivity index (χ4n) is 4.52. The van der Waals surface area contributed by atoms with Gasteiger partial charge < -0.3 is 0 Å². The lowest BCUT2D eigenvalue weighted by Crippen LogP contribution is -2.14. The van der Waals surface area contributed by atoms with E-state index < -0.39 is 0 Å². The molecule has 3 unspecified atom stereocenters. The van der Waals surface area contributed by atoms with Gasteiger partial charge in [-0.25, -0.2) is 4.68 Å². The average Bonchev–Trinajstić information content (AvgIpc) is 2.69. The van der Waals surface area contributed by atoms with E-state index in [4.69, 9.17) is 15.7 Å². The molecule has 3 rings (SSSR count).